The maximum atomic E-state index is 7.66. The molecule has 15 heteroatoms. The molecule has 0 saturated carbocycles. The summed E-state index contributed by atoms with van der Waals surface area (Å²) in [5.74, 6) is 4.08. The maximum absolute atomic E-state index is 7.66. The predicted octanol–water partition coefficient (Wildman–Crippen LogP) is 14.4. The van der Waals surface area contributed by atoms with Crippen molar-refractivity contribution in [2.45, 2.75) is 91.1 Å². The molecule has 0 amide bonds. The van der Waals surface area contributed by atoms with E-state index in [1.807, 2.05) is 23.5 Å². The molecule has 0 aromatic heterocycles. The third-order valence-electron chi connectivity index (χ3n) is 4.89. The van der Waals surface area contributed by atoms with Crippen molar-refractivity contribution in [1.29, 1.82) is 0 Å². The summed E-state index contributed by atoms with van der Waals surface area (Å²) in [6.07, 6.45) is 8.46. The van der Waals surface area contributed by atoms with Gasteiger partial charge in [-0.25, -0.2) is 0 Å². The van der Waals surface area contributed by atoms with Crippen LogP contribution in [0.3, 0.4) is 0 Å². The topological polar surface area (TPSA) is 0 Å². The Morgan fingerprint density at radius 3 is 1.89 bits per heavy atom. The number of thioether (sulfide) groups is 6. The average Bonchev–Trinajstić information content (AvgIpc) is 2.86. The summed E-state index contributed by atoms with van der Waals surface area (Å²) < 4.78 is -3.17. The number of halogens is 8. The van der Waals surface area contributed by atoms with E-state index in [4.69, 9.17) is 69.6 Å². The fourth-order valence-corrected chi connectivity index (χ4v) is 17.3. The number of hydrogen-bond donors (Lipinski definition) is 0. The second-order valence-corrected chi connectivity index (χ2v) is 26.1. The normalized spacial score (nSPS) is 19.5. The van der Waals surface area contributed by atoms with Gasteiger partial charge in [-0.15, -0.1) is 93.6 Å². The van der Waals surface area contributed by atoms with Crippen LogP contribution in [0.4, 0.5) is 0 Å². The maximum Gasteiger partial charge on any atom is 0.203 e. The standard InChI is InChI=1S/C22H38Br2Cl6S7/c1-4-7-9-15-33-19(27,32-14-8-5-2)11-10-18(31-17-26)20(28,34-16-12-25)21(29,35-13-6-3)36-22(23,30)37-24/h18H,4-17H2,1-3H3. The number of unbranched alkanes of at least 4 members (excludes halogenated alkanes) is 3. The molecule has 37 heavy (non-hydrogen) atoms. The summed E-state index contributed by atoms with van der Waals surface area (Å²) >= 11 is 58.8. The lowest BCUT2D eigenvalue weighted by atomic mass is 10.2. The van der Waals surface area contributed by atoms with Gasteiger partial charge in [0.15, 0.2) is 3.54 Å². The molecule has 0 saturated heterocycles. The molecular weight excluding hydrogens is 861 g/mol. The molecule has 224 valence electrons. The molecule has 0 aliphatic heterocycles. The van der Waals surface area contributed by atoms with E-state index >= 15 is 0 Å². The van der Waals surface area contributed by atoms with E-state index in [0.717, 1.165) is 49.4 Å². The van der Waals surface area contributed by atoms with E-state index in [2.05, 4.69) is 51.5 Å². The Hall–Kier alpha value is 5.15. The first-order valence-corrected chi connectivity index (χ1v) is 24.0. The Kier molecular flexibility index (Phi) is 26.8. The van der Waals surface area contributed by atoms with Crippen LogP contribution in [0.5, 0.6) is 0 Å². The zero-order valence-electron chi connectivity index (χ0n) is 21.4. The molecule has 0 aliphatic carbocycles. The van der Waals surface area contributed by atoms with Crippen LogP contribution in [0.25, 0.3) is 0 Å². The molecule has 5 unspecified atom stereocenters. The van der Waals surface area contributed by atoms with E-state index in [-0.39, 0.29) is 5.25 Å². The van der Waals surface area contributed by atoms with Gasteiger partial charge >= 0.3 is 0 Å². The van der Waals surface area contributed by atoms with Crippen molar-refractivity contribution in [3.05, 3.63) is 0 Å². The SMILES string of the molecule is CCCCCSC(Cl)(CCC(SCCl)C(Cl)(SCCCl)C(Cl)(SCCC)SC(Cl)(Br)SBr)SCCCC. The minimum absolute atomic E-state index is 0.0735. The molecule has 5 atom stereocenters. The van der Waals surface area contributed by atoms with Crippen molar-refractivity contribution >= 4 is 181 Å². The third kappa shape index (κ3) is 16.9. The summed E-state index contributed by atoms with van der Waals surface area (Å²) in [6.45, 7) is 6.57. The van der Waals surface area contributed by atoms with Gasteiger partial charge in [0, 0.05) is 16.9 Å². The molecule has 0 bridgehead atoms. The zero-order valence-corrected chi connectivity index (χ0v) is 34.8. The molecule has 0 aliphatic rings. The highest BCUT2D eigenvalue weighted by molar-refractivity contribution is 9.52. The summed E-state index contributed by atoms with van der Waals surface area (Å²) in [4.78, 5) is 0. The number of rotatable bonds is 25. The van der Waals surface area contributed by atoms with E-state index in [9.17, 15) is 0 Å². The predicted molar refractivity (Wildman–Crippen MR) is 204 cm³/mol. The molecule has 0 aromatic carbocycles. The summed E-state index contributed by atoms with van der Waals surface area (Å²) in [5, 5.41) is 0.335. The molecule has 0 radical (unpaired) electrons. The lowest BCUT2D eigenvalue weighted by Gasteiger charge is -2.47. The molecule has 0 nitrogen and oxygen atoms in total. The zero-order chi connectivity index (χ0) is 28.4. The molecule has 0 N–H and O–H groups in total. The number of hydrogen-bond acceptors (Lipinski definition) is 7. The second kappa shape index (κ2) is 23.5. The van der Waals surface area contributed by atoms with Crippen molar-refractivity contribution < 1.29 is 0 Å². The minimum atomic E-state index is -0.963. The highest BCUT2D eigenvalue weighted by atomic mass is 79.9. The first kappa shape index (κ1) is 42.1. The van der Waals surface area contributed by atoms with Gasteiger partial charge in [0.25, 0.3) is 0 Å². The van der Waals surface area contributed by atoms with Crippen molar-refractivity contribution in [2.24, 2.45) is 0 Å². The number of alkyl halides is 7. The Morgan fingerprint density at radius 2 is 1.38 bits per heavy atom. The van der Waals surface area contributed by atoms with Gasteiger partial charge < -0.3 is 0 Å². The first-order chi connectivity index (χ1) is 17.4. The van der Waals surface area contributed by atoms with Crippen molar-refractivity contribution in [1.82, 2.24) is 0 Å². The van der Waals surface area contributed by atoms with Crippen molar-refractivity contribution in [2.75, 3.05) is 34.1 Å². The fraction of sp³-hybridized carbons (Fsp3) is 1.00. The van der Waals surface area contributed by atoms with E-state index in [1.165, 1.54) is 41.2 Å². The van der Waals surface area contributed by atoms with Gasteiger partial charge in [0.05, 0.1) is 5.21 Å². The van der Waals surface area contributed by atoms with Crippen LogP contribution < -0.4 is 0 Å². The van der Waals surface area contributed by atoms with Gasteiger partial charge in [-0.3, -0.25) is 0 Å². The highest BCUT2D eigenvalue weighted by Gasteiger charge is 2.58. The lowest BCUT2D eigenvalue weighted by molar-refractivity contribution is 0.660. The van der Waals surface area contributed by atoms with E-state index < -0.39 is 13.7 Å². The second-order valence-electron chi connectivity index (χ2n) is 7.93. The molecule has 0 spiro atoms. The smallest absolute Gasteiger partial charge is 0.139 e. The Morgan fingerprint density at radius 1 is 0.757 bits per heavy atom. The highest BCUT2D eigenvalue weighted by Crippen LogP contribution is 2.68. The van der Waals surface area contributed by atoms with Crippen LogP contribution >= 0.6 is 181 Å². The average molecular weight is 900 g/mol. The first-order valence-electron chi connectivity index (χ1n) is 12.2. The molecule has 0 heterocycles. The quantitative estimate of drug-likeness (QED) is 0.0502. The van der Waals surface area contributed by atoms with Gasteiger partial charge in [-0.1, -0.05) is 86.6 Å². The van der Waals surface area contributed by atoms with E-state index in [1.54, 1.807) is 35.3 Å². The van der Waals surface area contributed by atoms with Gasteiger partial charge in [0.2, 0.25) is 2.45 Å². The van der Waals surface area contributed by atoms with Gasteiger partial charge in [-0.05, 0) is 90.3 Å². The van der Waals surface area contributed by atoms with Crippen LogP contribution in [0.2, 0.25) is 0 Å². The summed E-state index contributed by atoms with van der Waals surface area (Å²) in [7, 11) is 1.30. The molecule has 0 fully saturated rings. The van der Waals surface area contributed by atoms with Crippen LogP contribution in [0.1, 0.15) is 72.1 Å². The summed E-state index contributed by atoms with van der Waals surface area (Å²) in [5.41, 5.74) is 0. The molecule has 0 aromatic rings. The van der Waals surface area contributed by atoms with Gasteiger partial charge in [0.1, 0.15) is 7.74 Å². The van der Waals surface area contributed by atoms with Crippen molar-refractivity contribution in [3.63, 3.8) is 0 Å². The van der Waals surface area contributed by atoms with Crippen LogP contribution in [-0.2, 0) is 0 Å². The minimum Gasteiger partial charge on any atom is -0.139 e. The third-order valence-corrected chi connectivity index (χ3v) is 23.5. The fourth-order valence-electron chi connectivity index (χ4n) is 3.05. The van der Waals surface area contributed by atoms with Crippen LogP contribution in [0.15, 0.2) is 0 Å². The molecule has 0 rings (SSSR count). The largest absolute Gasteiger partial charge is 0.203 e. The lowest BCUT2D eigenvalue weighted by Crippen LogP contribution is -2.48. The Balaban J connectivity index is 6.14. The molecular formula is C22H38Br2Cl6S7. The van der Waals surface area contributed by atoms with Gasteiger partial charge in [-0.2, -0.15) is 0 Å². The monoisotopic (exact) mass is 894 g/mol. The summed E-state index contributed by atoms with van der Waals surface area (Å²) in [6, 6.07) is 0. The van der Waals surface area contributed by atoms with Crippen LogP contribution in [-0.4, -0.2) is 53.1 Å². The Bertz CT molecular complexity index is 590. The van der Waals surface area contributed by atoms with E-state index in [0.29, 0.717) is 16.8 Å². The van der Waals surface area contributed by atoms with Crippen LogP contribution in [0, 0.1) is 0 Å². The Labute approximate surface area is 302 Å². The van der Waals surface area contributed by atoms with Crippen molar-refractivity contribution in [3.8, 4) is 0 Å².